The maximum Gasteiger partial charge on any atom is 0.310 e. The van der Waals surface area contributed by atoms with Crippen LogP contribution in [0.3, 0.4) is 0 Å². The highest BCUT2D eigenvalue weighted by Gasteiger charge is 2.61. The van der Waals surface area contributed by atoms with Crippen LogP contribution in [0.5, 0.6) is 0 Å². The van der Waals surface area contributed by atoms with E-state index >= 15 is 0 Å². The second-order valence-electron chi connectivity index (χ2n) is 5.94. The summed E-state index contributed by atoms with van der Waals surface area (Å²) in [5.41, 5.74) is 1.36. The molecule has 0 bridgehead atoms. The van der Waals surface area contributed by atoms with Gasteiger partial charge in [-0.25, -0.2) is 0 Å². The molecule has 1 fully saturated rings. The van der Waals surface area contributed by atoms with E-state index in [2.05, 4.69) is 40.7 Å². The molecule has 0 aromatic rings. The average Bonchev–Trinajstić information content (AvgIpc) is 2.74. The van der Waals surface area contributed by atoms with E-state index in [4.69, 9.17) is 4.74 Å². The second-order valence-corrected chi connectivity index (χ2v) is 5.94. The van der Waals surface area contributed by atoms with Gasteiger partial charge in [0.25, 0.3) is 0 Å². The summed E-state index contributed by atoms with van der Waals surface area (Å²) in [6, 6.07) is 0. The van der Waals surface area contributed by atoms with Gasteiger partial charge in [0.15, 0.2) is 0 Å². The third kappa shape index (κ3) is 3.58. The van der Waals surface area contributed by atoms with Crippen molar-refractivity contribution in [3.05, 3.63) is 11.6 Å². The van der Waals surface area contributed by atoms with Crippen molar-refractivity contribution in [3.63, 3.8) is 0 Å². The lowest BCUT2D eigenvalue weighted by Gasteiger charge is -2.04. The fourth-order valence-electron chi connectivity index (χ4n) is 2.41. The first-order valence-corrected chi connectivity index (χ1v) is 6.73. The molecule has 0 amide bonds. The predicted octanol–water partition coefficient (Wildman–Crippen LogP) is 3.96. The molecule has 0 saturated heterocycles. The molecule has 0 spiro atoms. The van der Waals surface area contributed by atoms with Crippen molar-refractivity contribution in [2.45, 2.75) is 53.9 Å². The minimum Gasteiger partial charge on any atom is -0.465 e. The zero-order chi connectivity index (χ0) is 13.1. The smallest absolute Gasteiger partial charge is 0.310 e. The van der Waals surface area contributed by atoms with Crippen molar-refractivity contribution >= 4 is 5.97 Å². The highest BCUT2D eigenvalue weighted by molar-refractivity contribution is 5.78. The standard InChI is InChI=1S/C15H26O2/c1-6-7-8-9-17-14(16)13-12(10-11(2)3)15(13,4)5/h10,12-13H,6-9H2,1-5H3. The molecule has 1 saturated carbocycles. The van der Waals surface area contributed by atoms with Gasteiger partial charge in [-0.1, -0.05) is 45.3 Å². The van der Waals surface area contributed by atoms with Gasteiger partial charge in [0.2, 0.25) is 0 Å². The topological polar surface area (TPSA) is 26.3 Å². The fraction of sp³-hybridized carbons (Fsp3) is 0.800. The van der Waals surface area contributed by atoms with Crippen LogP contribution >= 0.6 is 0 Å². The molecular weight excluding hydrogens is 212 g/mol. The highest BCUT2D eigenvalue weighted by atomic mass is 16.5. The van der Waals surface area contributed by atoms with E-state index in [1.165, 1.54) is 5.57 Å². The van der Waals surface area contributed by atoms with Crippen LogP contribution in [0.4, 0.5) is 0 Å². The first-order chi connectivity index (χ1) is 7.91. The van der Waals surface area contributed by atoms with Crippen molar-refractivity contribution in [3.8, 4) is 0 Å². The van der Waals surface area contributed by atoms with E-state index in [-0.39, 0.29) is 17.3 Å². The van der Waals surface area contributed by atoms with E-state index < -0.39 is 0 Å². The first kappa shape index (κ1) is 14.3. The number of ether oxygens (including phenoxy) is 1. The molecule has 2 unspecified atom stereocenters. The van der Waals surface area contributed by atoms with Crippen molar-refractivity contribution < 1.29 is 9.53 Å². The third-order valence-corrected chi connectivity index (χ3v) is 3.67. The molecule has 1 rings (SSSR count). The van der Waals surface area contributed by atoms with Gasteiger partial charge in [-0.15, -0.1) is 0 Å². The Morgan fingerprint density at radius 2 is 1.94 bits per heavy atom. The maximum absolute atomic E-state index is 11.9. The van der Waals surface area contributed by atoms with Crippen molar-refractivity contribution in [2.24, 2.45) is 17.3 Å². The molecule has 17 heavy (non-hydrogen) atoms. The maximum atomic E-state index is 11.9. The number of hydrogen-bond acceptors (Lipinski definition) is 2. The van der Waals surface area contributed by atoms with Gasteiger partial charge in [0.1, 0.15) is 0 Å². The summed E-state index contributed by atoms with van der Waals surface area (Å²) in [7, 11) is 0. The Morgan fingerprint density at radius 3 is 2.47 bits per heavy atom. The Kier molecular flexibility index (Phi) is 4.79. The predicted molar refractivity (Wildman–Crippen MR) is 70.7 cm³/mol. The fourth-order valence-corrected chi connectivity index (χ4v) is 2.41. The van der Waals surface area contributed by atoms with Crippen LogP contribution in [0.25, 0.3) is 0 Å². The average molecular weight is 238 g/mol. The van der Waals surface area contributed by atoms with Gasteiger partial charge >= 0.3 is 5.97 Å². The van der Waals surface area contributed by atoms with Crippen LogP contribution in [-0.2, 0) is 9.53 Å². The van der Waals surface area contributed by atoms with E-state index in [0.717, 1.165) is 19.3 Å². The molecule has 0 aromatic carbocycles. The SMILES string of the molecule is CCCCCOC(=O)C1C(C=C(C)C)C1(C)C. The zero-order valence-electron chi connectivity index (χ0n) is 11.9. The molecule has 0 radical (unpaired) electrons. The minimum atomic E-state index is -0.00592. The van der Waals surface area contributed by atoms with Crippen LogP contribution in [-0.4, -0.2) is 12.6 Å². The Bertz CT molecular complexity index is 298. The lowest BCUT2D eigenvalue weighted by molar-refractivity contribution is -0.146. The van der Waals surface area contributed by atoms with Crippen LogP contribution in [0.1, 0.15) is 53.9 Å². The molecule has 0 aromatic heterocycles. The quantitative estimate of drug-likeness (QED) is 0.398. The second kappa shape index (κ2) is 5.70. The Labute approximate surface area is 105 Å². The van der Waals surface area contributed by atoms with Gasteiger partial charge in [-0.05, 0) is 31.6 Å². The van der Waals surface area contributed by atoms with Crippen molar-refractivity contribution in [2.75, 3.05) is 6.61 Å². The Balaban J connectivity index is 2.41. The Morgan fingerprint density at radius 1 is 1.29 bits per heavy atom. The van der Waals surface area contributed by atoms with E-state index in [1.807, 2.05) is 0 Å². The van der Waals surface area contributed by atoms with Crippen LogP contribution < -0.4 is 0 Å². The van der Waals surface area contributed by atoms with Gasteiger partial charge in [0.05, 0.1) is 12.5 Å². The summed E-state index contributed by atoms with van der Waals surface area (Å²) in [4.78, 5) is 11.9. The molecule has 2 nitrogen and oxygen atoms in total. The monoisotopic (exact) mass is 238 g/mol. The lowest BCUT2D eigenvalue weighted by Crippen LogP contribution is -2.11. The molecule has 1 aliphatic carbocycles. The molecule has 0 aliphatic heterocycles. The number of esters is 1. The van der Waals surface area contributed by atoms with Crippen molar-refractivity contribution in [1.82, 2.24) is 0 Å². The summed E-state index contributed by atoms with van der Waals surface area (Å²) >= 11 is 0. The molecular formula is C15H26O2. The third-order valence-electron chi connectivity index (χ3n) is 3.67. The molecule has 0 N–H and O–H groups in total. The number of unbranched alkanes of at least 4 members (excludes halogenated alkanes) is 2. The number of rotatable bonds is 6. The number of carbonyl (C=O) groups is 1. The first-order valence-electron chi connectivity index (χ1n) is 6.73. The van der Waals surface area contributed by atoms with Crippen LogP contribution in [0.2, 0.25) is 0 Å². The zero-order valence-corrected chi connectivity index (χ0v) is 11.9. The van der Waals surface area contributed by atoms with E-state index in [0.29, 0.717) is 12.5 Å². The molecule has 2 heteroatoms. The molecule has 98 valence electrons. The number of carbonyl (C=O) groups excluding carboxylic acids is 1. The molecule has 2 atom stereocenters. The van der Waals surface area contributed by atoms with Gasteiger partial charge in [-0.2, -0.15) is 0 Å². The molecule has 0 heterocycles. The normalized spacial score (nSPS) is 25.2. The van der Waals surface area contributed by atoms with E-state index in [1.54, 1.807) is 0 Å². The van der Waals surface area contributed by atoms with E-state index in [9.17, 15) is 4.79 Å². The van der Waals surface area contributed by atoms with Crippen LogP contribution in [0, 0.1) is 17.3 Å². The summed E-state index contributed by atoms with van der Waals surface area (Å²) in [6.45, 7) is 11.2. The summed E-state index contributed by atoms with van der Waals surface area (Å²) in [6.07, 6.45) is 5.49. The van der Waals surface area contributed by atoms with Gasteiger partial charge in [0, 0.05) is 0 Å². The minimum absolute atomic E-state index is 0.00592. The summed E-state index contributed by atoms with van der Waals surface area (Å²) in [5.74, 6) is 0.429. The van der Waals surface area contributed by atoms with Gasteiger partial charge < -0.3 is 4.74 Å². The van der Waals surface area contributed by atoms with Crippen molar-refractivity contribution in [1.29, 1.82) is 0 Å². The highest BCUT2D eigenvalue weighted by Crippen LogP contribution is 2.59. The van der Waals surface area contributed by atoms with Crippen LogP contribution in [0.15, 0.2) is 11.6 Å². The lowest BCUT2D eigenvalue weighted by atomic mass is 10.1. The number of allylic oxidation sites excluding steroid dienone is 2. The molecule has 1 aliphatic rings. The summed E-state index contributed by atoms with van der Waals surface area (Å²) in [5, 5.41) is 0. The largest absolute Gasteiger partial charge is 0.465 e. The van der Waals surface area contributed by atoms with Gasteiger partial charge in [-0.3, -0.25) is 4.79 Å². The Hall–Kier alpha value is -0.790. The number of hydrogen-bond donors (Lipinski definition) is 0. The summed E-state index contributed by atoms with van der Waals surface area (Å²) < 4.78 is 5.35.